The Hall–Kier alpha value is -4.17. The zero-order chi connectivity index (χ0) is 25.0. The number of ether oxygens (including phenoxy) is 1. The lowest BCUT2D eigenvalue weighted by Gasteiger charge is -2.10. The minimum Gasteiger partial charge on any atom is -0.385 e. The normalized spacial score (nSPS) is 10.3. The number of carbonyl (C=O) groups excluding carboxylic acids is 3. The lowest BCUT2D eigenvalue weighted by atomic mass is 10.1. The van der Waals surface area contributed by atoms with Crippen molar-refractivity contribution in [2.75, 3.05) is 42.8 Å². The van der Waals surface area contributed by atoms with Gasteiger partial charge in [0.2, 0.25) is 5.91 Å². The smallest absolute Gasteiger partial charge is 0.255 e. The standard InChI is InChI=1S/C27H30N4O4/c1-19-6-3-7-20(16-19)27(34)31-23-12-10-22(11-13-23)29-18-25(32)30-24-9-4-8-21(17-24)26(33)28-14-5-15-35-2/h3-4,6-13,16-17,29H,5,14-15,18H2,1-2H3,(H,28,33)(H,30,32)(H,31,34). The average Bonchev–Trinajstić information content (AvgIpc) is 2.86. The highest BCUT2D eigenvalue weighted by Gasteiger charge is 2.09. The topological polar surface area (TPSA) is 109 Å². The summed E-state index contributed by atoms with van der Waals surface area (Å²) in [5.41, 5.74) is 4.01. The molecular weight excluding hydrogens is 444 g/mol. The van der Waals surface area contributed by atoms with Gasteiger partial charge in [-0.2, -0.15) is 0 Å². The number of anilines is 3. The highest BCUT2D eigenvalue weighted by molar-refractivity contribution is 6.04. The van der Waals surface area contributed by atoms with Crippen molar-refractivity contribution >= 4 is 34.8 Å². The van der Waals surface area contributed by atoms with Crippen LogP contribution in [0.15, 0.2) is 72.8 Å². The van der Waals surface area contributed by atoms with Crippen molar-refractivity contribution in [1.82, 2.24) is 5.32 Å². The number of hydrogen-bond donors (Lipinski definition) is 4. The Kier molecular flexibility index (Phi) is 9.39. The summed E-state index contributed by atoms with van der Waals surface area (Å²) in [4.78, 5) is 37.0. The van der Waals surface area contributed by atoms with Gasteiger partial charge >= 0.3 is 0 Å². The Morgan fingerprint density at radius 2 is 1.46 bits per heavy atom. The number of hydrogen-bond acceptors (Lipinski definition) is 5. The lowest BCUT2D eigenvalue weighted by Crippen LogP contribution is -2.25. The van der Waals surface area contributed by atoms with E-state index in [2.05, 4.69) is 21.3 Å². The number of amides is 3. The average molecular weight is 475 g/mol. The molecule has 0 heterocycles. The Morgan fingerprint density at radius 3 is 2.17 bits per heavy atom. The first kappa shape index (κ1) is 25.5. The van der Waals surface area contributed by atoms with Crippen LogP contribution in [0, 0.1) is 6.92 Å². The van der Waals surface area contributed by atoms with Gasteiger partial charge in [-0.25, -0.2) is 0 Å². The van der Waals surface area contributed by atoms with Crippen LogP contribution < -0.4 is 21.3 Å². The molecule has 8 heteroatoms. The molecular formula is C27H30N4O4. The molecule has 4 N–H and O–H groups in total. The minimum absolute atomic E-state index is 0.0441. The van der Waals surface area contributed by atoms with Gasteiger partial charge in [0.1, 0.15) is 0 Å². The van der Waals surface area contributed by atoms with Gasteiger partial charge in [-0.3, -0.25) is 14.4 Å². The zero-order valence-electron chi connectivity index (χ0n) is 19.9. The third kappa shape index (κ3) is 8.28. The van der Waals surface area contributed by atoms with Crippen molar-refractivity contribution in [3.63, 3.8) is 0 Å². The third-order valence-electron chi connectivity index (χ3n) is 5.10. The van der Waals surface area contributed by atoms with Crippen molar-refractivity contribution in [2.24, 2.45) is 0 Å². The SMILES string of the molecule is COCCCNC(=O)c1cccc(NC(=O)CNc2ccc(NC(=O)c3cccc(C)c3)cc2)c1. The first-order valence-corrected chi connectivity index (χ1v) is 11.3. The fraction of sp³-hybridized carbons (Fsp3) is 0.222. The molecule has 3 aromatic carbocycles. The molecule has 0 radical (unpaired) electrons. The van der Waals surface area contributed by atoms with Crippen molar-refractivity contribution in [2.45, 2.75) is 13.3 Å². The van der Waals surface area contributed by atoms with Gasteiger partial charge in [0.05, 0.1) is 6.54 Å². The van der Waals surface area contributed by atoms with E-state index in [1.807, 2.05) is 25.1 Å². The van der Waals surface area contributed by atoms with Gasteiger partial charge in [-0.1, -0.05) is 23.8 Å². The molecule has 0 atom stereocenters. The summed E-state index contributed by atoms with van der Waals surface area (Å²) in [7, 11) is 1.62. The second-order valence-electron chi connectivity index (χ2n) is 7.99. The van der Waals surface area contributed by atoms with Crippen LogP contribution in [0.4, 0.5) is 17.1 Å². The predicted octanol–water partition coefficient (Wildman–Crippen LogP) is 4.06. The summed E-state index contributed by atoms with van der Waals surface area (Å²) in [5.74, 6) is -0.635. The lowest BCUT2D eigenvalue weighted by molar-refractivity contribution is -0.114. The third-order valence-corrected chi connectivity index (χ3v) is 5.10. The van der Waals surface area contributed by atoms with Crippen LogP contribution in [0.2, 0.25) is 0 Å². The van der Waals surface area contributed by atoms with Crippen LogP contribution in [0.25, 0.3) is 0 Å². The molecule has 0 aliphatic heterocycles. The van der Waals surface area contributed by atoms with Crippen LogP contribution in [0.1, 0.15) is 32.7 Å². The van der Waals surface area contributed by atoms with E-state index in [4.69, 9.17) is 4.74 Å². The van der Waals surface area contributed by atoms with Gasteiger partial charge in [0.25, 0.3) is 11.8 Å². The Bertz CT molecular complexity index is 1160. The van der Waals surface area contributed by atoms with E-state index in [9.17, 15) is 14.4 Å². The number of carbonyl (C=O) groups is 3. The molecule has 0 fully saturated rings. The Labute approximate surface area is 205 Å². The molecule has 0 saturated carbocycles. The molecule has 182 valence electrons. The second kappa shape index (κ2) is 12.9. The summed E-state index contributed by atoms with van der Waals surface area (Å²) in [6.07, 6.45) is 0.727. The zero-order valence-corrected chi connectivity index (χ0v) is 19.9. The maximum atomic E-state index is 12.4. The van der Waals surface area contributed by atoms with Crippen LogP contribution in [0.5, 0.6) is 0 Å². The van der Waals surface area contributed by atoms with Crippen LogP contribution in [-0.2, 0) is 9.53 Å². The molecule has 0 aromatic heterocycles. The number of rotatable bonds is 11. The molecule has 0 aliphatic carbocycles. The van der Waals surface area contributed by atoms with Crippen LogP contribution in [-0.4, -0.2) is 44.5 Å². The molecule has 0 unspecified atom stereocenters. The van der Waals surface area contributed by atoms with Gasteiger partial charge < -0.3 is 26.0 Å². The quantitative estimate of drug-likeness (QED) is 0.314. The first-order valence-electron chi connectivity index (χ1n) is 11.3. The van der Waals surface area contributed by atoms with E-state index in [1.165, 1.54) is 0 Å². The summed E-state index contributed by atoms with van der Waals surface area (Å²) in [6, 6.07) is 21.3. The molecule has 0 aliphatic rings. The number of benzene rings is 3. The van der Waals surface area contributed by atoms with E-state index in [1.54, 1.807) is 61.7 Å². The molecule has 35 heavy (non-hydrogen) atoms. The van der Waals surface area contributed by atoms with E-state index < -0.39 is 0 Å². The fourth-order valence-electron chi connectivity index (χ4n) is 3.31. The maximum absolute atomic E-state index is 12.4. The van der Waals surface area contributed by atoms with Crippen molar-refractivity contribution in [3.05, 3.63) is 89.5 Å². The van der Waals surface area contributed by atoms with Gasteiger partial charge in [-0.05, 0) is 67.9 Å². The van der Waals surface area contributed by atoms with Crippen molar-refractivity contribution < 1.29 is 19.1 Å². The molecule has 3 amide bonds. The maximum Gasteiger partial charge on any atom is 0.255 e. The molecule has 3 aromatic rings. The fourth-order valence-corrected chi connectivity index (χ4v) is 3.31. The van der Waals surface area contributed by atoms with E-state index >= 15 is 0 Å². The van der Waals surface area contributed by atoms with E-state index in [-0.39, 0.29) is 24.3 Å². The highest BCUT2D eigenvalue weighted by atomic mass is 16.5. The Balaban J connectivity index is 1.46. The van der Waals surface area contributed by atoms with Crippen LogP contribution in [0.3, 0.4) is 0 Å². The number of nitrogens with one attached hydrogen (secondary N) is 4. The highest BCUT2D eigenvalue weighted by Crippen LogP contribution is 2.16. The largest absolute Gasteiger partial charge is 0.385 e. The Morgan fingerprint density at radius 1 is 0.771 bits per heavy atom. The molecule has 3 rings (SSSR count). The summed E-state index contributed by atoms with van der Waals surface area (Å²) in [6.45, 7) is 3.07. The summed E-state index contributed by atoms with van der Waals surface area (Å²) < 4.78 is 4.97. The summed E-state index contributed by atoms with van der Waals surface area (Å²) >= 11 is 0. The van der Waals surface area contributed by atoms with Gasteiger partial charge in [-0.15, -0.1) is 0 Å². The molecule has 0 spiro atoms. The predicted molar refractivity (Wildman–Crippen MR) is 138 cm³/mol. The molecule has 8 nitrogen and oxygen atoms in total. The van der Waals surface area contributed by atoms with Crippen molar-refractivity contribution in [1.29, 1.82) is 0 Å². The molecule has 0 bridgehead atoms. The first-order chi connectivity index (χ1) is 16.9. The second-order valence-corrected chi connectivity index (χ2v) is 7.99. The number of aryl methyl sites for hydroxylation is 1. The van der Waals surface area contributed by atoms with Gasteiger partial charge in [0.15, 0.2) is 0 Å². The number of methoxy groups -OCH3 is 1. The van der Waals surface area contributed by atoms with E-state index in [0.29, 0.717) is 35.7 Å². The minimum atomic E-state index is -0.250. The van der Waals surface area contributed by atoms with Crippen LogP contribution >= 0.6 is 0 Å². The van der Waals surface area contributed by atoms with Gasteiger partial charge in [0, 0.05) is 48.5 Å². The monoisotopic (exact) mass is 474 g/mol. The molecule has 0 saturated heterocycles. The van der Waals surface area contributed by atoms with Crippen molar-refractivity contribution in [3.8, 4) is 0 Å². The van der Waals surface area contributed by atoms with E-state index in [0.717, 1.165) is 17.7 Å². The summed E-state index contributed by atoms with van der Waals surface area (Å²) in [5, 5.41) is 11.5.